The molecule has 0 spiro atoms. The van der Waals surface area contributed by atoms with E-state index in [1.165, 1.54) is 26.1 Å². The highest BCUT2D eigenvalue weighted by atomic mass is 19.1. The number of nitrogens with zero attached hydrogens (tertiary/aromatic N) is 1. The Morgan fingerprint density at radius 3 is 2.71 bits per heavy atom. The van der Waals surface area contributed by atoms with Gasteiger partial charge in [0.05, 0.1) is 5.56 Å². The van der Waals surface area contributed by atoms with Crippen molar-refractivity contribution < 1.29 is 14.3 Å². The smallest absolute Gasteiger partial charge is 0.337 e. The van der Waals surface area contributed by atoms with Gasteiger partial charge in [0, 0.05) is 18.9 Å². The van der Waals surface area contributed by atoms with Crippen molar-refractivity contribution in [3.8, 4) is 0 Å². The summed E-state index contributed by atoms with van der Waals surface area (Å²) in [5.41, 5.74) is -0.977. The Labute approximate surface area is 82.2 Å². The van der Waals surface area contributed by atoms with Gasteiger partial charge in [-0.15, -0.1) is 0 Å². The van der Waals surface area contributed by atoms with Crippen molar-refractivity contribution >= 4 is 5.97 Å². The van der Waals surface area contributed by atoms with E-state index in [0.717, 1.165) is 0 Å². The molecule has 0 aliphatic rings. The number of aromatic carboxylic acids is 1. The number of carbonyl (C=O) groups is 1. The van der Waals surface area contributed by atoms with E-state index in [0.29, 0.717) is 13.0 Å². The van der Waals surface area contributed by atoms with Crippen molar-refractivity contribution in [1.82, 2.24) is 4.57 Å². The molecule has 14 heavy (non-hydrogen) atoms. The molecule has 3 nitrogen and oxygen atoms in total. The van der Waals surface area contributed by atoms with Crippen LogP contribution in [0.5, 0.6) is 0 Å². The first-order valence-corrected chi connectivity index (χ1v) is 4.46. The maximum atomic E-state index is 13.1. The highest BCUT2D eigenvalue weighted by Gasteiger charge is 2.15. The lowest BCUT2D eigenvalue weighted by molar-refractivity contribution is 0.0697. The zero-order valence-electron chi connectivity index (χ0n) is 8.33. The summed E-state index contributed by atoms with van der Waals surface area (Å²) >= 11 is 0. The first-order valence-electron chi connectivity index (χ1n) is 4.46. The molecule has 1 aromatic heterocycles. The average molecular weight is 199 g/mol. The Morgan fingerprint density at radius 1 is 1.64 bits per heavy atom. The number of hydrogen-bond acceptors (Lipinski definition) is 1. The van der Waals surface area contributed by atoms with Gasteiger partial charge in [-0.2, -0.15) is 0 Å². The van der Waals surface area contributed by atoms with Crippen LogP contribution >= 0.6 is 0 Å². The van der Waals surface area contributed by atoms with Crippen LogP contribution < -0.4 is 0 Å². The van der Waals surface area contributed by atoms with Gasteiger partial charge in [-0.05, 0) is 26.3 Å². The Bertz CT molecular complexity index is 325. The highest BCUT2D eigenvalue weighted by molar-refractivity contribution is 5.87. The van der Waals surface area contributed by atoms with Crippen molar-refractivity contribution in [2.75, 3.05) is 0 Å². The molecule has 4 heteroatoms. The van der Waals surface area contributed by atoms with Crippen LogP contribution in [0, 0.1) is 0 Å². The maximum Gasteiger partial charge on any atom is 0.337 e. The second-order valence-corrected chi connectivity index (χ2v) is 3.91. The Balaban J connectivity index is 2.56. The van der Waals surface area contributed by atoms with Crippen molar-refractivity contribution in [1.29, 1.82) is 0 Å². The summed E-state index contributed by atoms with van der Waals surface area (Å²) in [6, 6.07) is 1.51. The van der Waals surface area contributed by atoms with E-state index in [2.05, 4.69) is 0 Å². The van der Waals surface area contributed by atoms with Crippen molar-refractivity contribution in [3.63, 3.8) is 0 Å². The van der Waals surface area contributed by atoms with Gasteiger partial charge in [-0.25, -0.2) is 9.18 Å². The molecule has 0 saturated heterocycles. The van der Waals surface area contributed by atoms with E-state index in [1.54, 1.807) is 10.8 Å². The minimum Gasteiger partial charge on any atom is -0.478 e. The van der Waals surface area contributed by atoms with Gasteiger partial charge in [-0.1, -0.05) is 0 Å². The molecule has 0 amide bonds. The largest absolute Gasteiger partial charge is 0.478 e. The SMILES string of the molecule is CC(C)(F)CCn1ccc(C(=O)O)c1. The number of carboxylic acids is 1. The van der Waals surface area contributed by atoms with Crippen LogP contribution in [-0.2, 0) is 6.54 Å². The molecule has 1 N–H and O–H groups in total. The molecule has 0 unspecified atom stereocenters. The summed E-state index contributed by atoms with van der Waals surface area (Å²) in [6.45, 7) is 3.51. The molecule has 1 heterocycles. The summed E-state index contributed by atoms with van der Waals surface area (Å²) in [6.07, 6.45) is 3.53. The quantitative estimate of drug-likeness (QED) is 0.808. The third kappa shape index (κ3) is 3.20. The maximum absolute atomic E-state index is 13.1. The van der Waals surface area contributed by atoms with Crippen LogP contribution in [0.2, 0.25) is 0 Å². The molecule has 0 aliphatic heterocycles. The number of carboxylic acid groups (broad SMARTS) is 1. The molecule has 1 aromatic rings. The van der Waals surface area contributed by atoms with Gasteiger partial charge in [-0.3, -0.25) is 0 Å². The topological polar surface area (TPSA) is 42.2 Å². The summed E-state index contributed by atoms with van der Waals surface area (Å²) < 4.78 is 14.8. The number of alkyl halides is 1. The zero-order valence-corrected chi connectivity index (χ0v) is 8.33. The van der Waals surface area contributed by atoms with E-state index >= 15 is 0 Å². The molecule has 0 atom stereocenters. The molecule has 1 rings (SSSR count). The van der Waals surface area contributed by atoms with Gasteiger partial charge < -0.3 is 9.67 Å². The van der Waals surface area contributed by atoms with Gasteiger partial charge in [0.1, 0.15) is 5.67 Å². The highest BCUT2D eigenvalue weighted by Crippen LogP contribution is 2.15. The lowest BCUT2D eigenvalue weighted by atomic mass is 10.1. The van der Waals surface area contributed by atoms with Gasteiger partial charge >= 0.3 is 5.97 Å². The zero-order chi connectivity index (χ0) is 10.8. The number of aryl methyl sites for hydroxylation is 1. The second kappa shape index (κ2) is 3.82. The first-order chi connectivity index (χ1) is 6.38. The molecule has 0 aliphatic carbocycles. The molecular formula is C10H14FNO2. The third-order valence-corrected chi connectivity index (χ3v) is 1.96. The Hall–Kier alpha value is -1.32. The molecule has 0 aromatic carbocycles. The van der Waals surface area contributed by atoms with Crippen LogP contribution in [0.25, 0.3) is 0 Å². The van der Waals surface area contributed by atoms with Crippen LogP contribution in [-0.4, -0.2) is 21.3 Å². The van der Waals surface area contributed by atoms with Crippen molar-refractivity contribution in [2.24, 2.45) is 0 Å². The summed E-state index contributed by atoms with van der Waals surface area (Å²) in [5, 5.41) is 8.64. The lowest BCUT2D eigenvalue weighted by Gasteiger charge is -2.13. The van der Waals surface area contributed by atoms with Gasteiger partial charge in [0.2, 0.25) is 0 Å². The van der Waals surface area contributed by atoms with Crippen molar-refractivity contribution in [3.05, 3.63) is 24.0 Å². The predicted molar refractivity (Wildman–Crippen MR) is 51.2 cm³/mol. The van der Waals surface area contributed by atoms with E-state index in [9.17, 15) is 9.18 Å². The molecule has 0 fully saturated rings. The Morgan fingerprint density at radius 2 is 2.29 bits per heavy atom. The minimum absolute atomic E-state index is 0.238. The van der Waals surface area contributed by atoms with Crippen LogP contribution in [0.4, 0.5) is 4.39 Å². The standard InChI is InChI=1S/C10H14FNO2/c1-10(2,11)4-6-12-5-3-8(7-12)9(13)14/h3,5,7H,4,6H2,1-2H3,(H,13,14). The average Bonchev–Trinajstić information content (AvgIpc) is 2.47. The van der Waals surface area contributed by atoms with Gasteiger partial charge in [0.15, 0.2) is 0 Å². The monoisotopic (exact) mass is 199 g/mol. The molecule has 0 saturated carbocycles. The van der Waals surface area contributed by atoms with E-state index in [1.807, 2.05) is 0 Å². The molecular weight excluding hydrogens is 185 g/mol. The van der Waals surface area contributed by atoms with Crippen LogP contribution in [0.1, 0.15) is 30.6 Å². The molecule has 78 valence electrons. The van der Waals surface area contributed by atoms with Crippen molar-refractivity contribution in [2.45, 2.75) is 32.5 Å². The third-order valence-electron chi connectivity index (χ3n) is 1.96. The molecule has 0 radical (unpaired) electrons. The number of hydrogen-bond donors (Lipinski definition) is 1. The fourth-order valence-electron chi connectivity index (χ4n) is 1.10. The Kier molecular flexibility index (Phi) is 2.93. The van der Waals surface area contributed by atoms with Crippen LogP contribution in [0.3, 0.4) is 0 Å². The van der Waals surface area contributed by atoms with Crippen LogP contribution in [0.15, 0.2) is 18.5 Å². The summed E-state index contributed by atoms with van der Waals surface area (Å²) in [4.78, 5) is 10.5. The number of aromatic nitrogens is 1. The fourth-order valence-corrected chi connectivity index (χ4v) is 1.10. The summed E-state index contributed by atoms with van der Waals surface area (Å²) in [7, 11) is 0. The molecule has 0 bridgehead atoms. The predicted octanol–water partition coefficient (Wildman–Crippen LogP) is 2.32. The van der Waals surface area contributed by atoms with E-state index in [4.69, 9.17) is 5.11 Å². The summed E-state index contributed by atoms with van der Waals surface area (Å²) in [5.74, 6) is -0.955. The lowest BCUT2D eigenvalue weighted by Crippen LogP contribution is -2.14. The first kappa shape index (κ1) is 10.8. The van der Waals surface area contributed by atoms with E-state index in [-0.39, 0.29) is 5.56 Å². The fraction of sp³-hybridized carbons (Fsp3) is 0.500. The normalized spacial score (nSPS) is 11.6. The number of rotatable bonds is 4. The second-order valence-electron chi connectivity index (χ2n) is 3.91. The minimum atomic E-state index is -1.21. The number of halogens is 1. The van der Waals surface area contributed by atoms with Gasteiger partial charge in [0.25, 0.3) is 0 Å². The van der Waals surface area contributed by atoms with E-state index < -0.39 is 11.6 Å².